The van der Waals surface area contributed by atoms with Crippen LogP contribution in [0.4, 0.5) is 0 Å². The van der Waals surface area contributed by atoms with E-state index in [1.165, 1.54) is 44.5 Å². The fraction of sp³-hybridized carbons (Fsp3) is 0.647. The maximum absolute atomic E-state index is 3.62. The number of rotatable bonds is 7. The van der Waals surface area contributed by atoms with Crippen molar-refractivity contribution in [1.82, 2.24) is 10.2 Å². The zero-order valence-corrected chi connectivity index (χ0v) is 12.4. The Morgan fingerprint density at radius 1 is 1.32 bits per heavy atom. The molecule has 1 aliphatic rings. The molecule has 2 rings (SSSR count). The predicted octanol–water partition coefficient (Wildman–Crippen LogP) is 3.08. The summed E-state index contributed by atoms with van der Waals surface area (Å²) in [7, 11) is 0. The summed E-state index contributed by atoms with van der Waals surface area (Å²) in [4.78, 5) is 2.66. The Bertz CT molecular complexity index is 344. The highest BCUT2D eigenvalue weighted by Crippen LogP contribution is 2.13. The zero-order chi connectivity index (χ0) is 13.5. The Morgan fingerprint density at radius 2 is 2.11 bits per heavy atom. The first-order chi connectivity index (χ1) is 9.29. The first kappa shape index (κ1) is 14.5. The van der Waals surface area contributed by atoms with Crippen molar-refractivity contribution in [2.75, 3.05) is 19.6 Å². The lowest BCUT2D eigenvalue weighted by Gasteiger charge is -2.31. The van der Waals surface area contributed by atoms with Crippen molar-refractivity contribution < 1.29 is 0 Å². The largest absolute Gasteiger partial charge is 0.313 e. The molecule has 2 heteroatoms. The minimum Gasteiger partial charge on any atom is -0.313 e. The van der Waals surface area contributed by atoms with E-state index in [-0.39, 0.29) is 0 Å². The summed E-state index contributed by atoms with van der Waals surface area (Å²) >= 11 is 0. The fourth-order valence-corrected chi connectivity index (χ4v) is 3.06. The molecule has 0 bridgehead atoms. The van der Waals surface area contributed by atoms with E-state index >= 15 is 0 Å². The minimum absolute atomic E-state index is 0.629. The van der Waals surface area contributed by atoms with E-state index in [4.69, 9.17) is 0 Å². The number of hydrogen-bond acceptors (Lipinski definition) is 2. The van der Waals surface area contributed by atoms with Crippen LogP contribution >= 0.6 is 0 Å². The van der Waals surface area contributed by atoms with E-state index in [2.05, 4.69) is 54.4 Å². The van der Waals surface area contributed by atoms with Gasteiger partial charge in [0.25, 0.3) is 0 Å². The lowest BCUT2D eigenvalue weighted by atomic mass is 10.0. The third kappa shape index (κ3) is 4.63. The molecule has 0 saturated carbocycles. The van der Waals surface area contributed by atoms with Crippen LogP contribution in [0.25, 0.3) is 0 Å². The van der Waals surface area contributed by atoms with Crippen LogP contribution in [0.1, 0.15) is 38.7 Å². The summed E-state index contributed by atoms with van der Waals surface area (Å²) < 4.78 is 0. The molecule has 1 fully saturated rings. The van der Waals surface area contributed by atoms with Crippen molar-refractivity contribution in [3.05, 3.63) is 35.9 Å². The highest BCUT2D eigenvalue weighted by atomic mass is 15.2. The number of nitrogens with zero attached hydrogens (tertiary/aromatic N) is 1. The van der Waals surface area contributed by atoms with Gasteiger partial charge in [-0.2, -0.15) is 0 Å². The molecule has 1 heterocycles. The monoisotopic (exact) mass is 260 g/mol. The SMILES string of the molecule is CCCN(CC1CCCN1)C(C)Cc1ccccc1. The van der Waals surface area contributed by atoms with E-state index in [1.807, 2.05) is 0 Å². The maximum atomic E-state index is 3.62. The highest BCUT2D eigenvalue weighted by molar-refractivity contribution is 5.15. The molecule has 0 amide bonds. The standard InChI is InChI=1S/C17H28N2/c1-3-12-19(14-17-10-7-11-18-17)15(2)13-16-8-5-4-6-9-16/h4-6,8-9,15,17-18H,3,7,10-14H2,1-2H3. The molecule has 106 valence electrons. The Balaban J connectivity index is 1.89. The molecule has 1 aromatic rings. The number of nitrogens with one attached hydrogen (secondary N) is 1. The number of hydrogen-bond donors (Lipinski definition) is 1. The van der Waals surface area contributed by atoms with Crippen LogP contribution < -0.4 is 5.32 Å². The molecule has 0 aromatic heterocycles. The molecular weight excluding hydrogens is 232 g/mol. The van der Waals surface area contributed by atoms with Gasteiger partial charge in [-0.25, -0.2) is 0 Å². The third-order valence-corrected chi connectivity index (χ3v) is 4.13. The lowest BCUT2D eigenvalue weighted by molar-refractivity contribution is 0.190. The molecule has 0 spiro atoms. The molecule has 2 atom stereocenters. The van der Waals surface area contributed by atoms with Crippen molar-refractivity contribution >= 4 is 0 Å². The van der Waals surface area contributed by atoms with Crippen molar-refractivity contribution in [2.45, 2.75) is 51.6 Å². The average molecular weight is 260 g/mol. The smallest absolute Gasteiger partial charge is 0.0195 e. The van der Waals surface area contributed by atoms with E-state index in [9.17, 15) is 0 Å². The molecule has 1 aromatic carbocycles. The maximum Gasteiger partial charge on any atom is 0.0195 e. The van der Waals surface area contributed by atoms with Gasteiger partial charge in [-0.15, -0.1) is 0 Å². The van der Waals surface area contributed by atoms with Crippen molar-refractivity contribution in [1.29, 1.82) is 0 Å². The van der Waals surface area contributed by atoms with Crippen LogP contribution in [-0.2, 0) is 6.42 Å². The van der Waals surface area contributed by atoms with Gasteiger partial charge in [0.1, 0.15) is 0 Å². The van der Waals surface area contributed by atoms with Crippen LogP contribution in [-0.4, -0.2) is 36.6 Å². The predicted molar refractivity (Wildman–Crippen MR) is 82.5 cm³/mol. The molecule has 0 aliphatic carbocycles. The van der Waals surface area contributed by atoms with E-state index < -0.39 is 0 Å². The summed E-state index contributed by atoms with van der Waals surface area (Å²) in [5.41, 5.74) is 1.45. The molecule has 0 radical (unpaired) electrons. The Morgan fingerprint density at radius 3 is 2.74 bits per heavy atom. The normalized spacial score (nSPS) is 20.9. The highest BCUT2D eigenvalue weighted by Gasteiger charge is 2.20. The van der Waals surface area contributed by atoms with Gasteiger partial charge in [0, 0.05) is 18.6 Å². The summed E-state index contributed by atoms with van der Waals surface area (Å²) in [5.74, 6) is 0. The van der Waals surface area contributed by atoms with Crippen LogP contribution in [0.2, 0.25) is 0 Å². The summed E-state index contributed by atoms with van der Waals surface area (Å²) in [6, 6.07) is 12.2. The molecule has 1 aliphatic heterocycles. The van der Waals surface area contributed by atoms with E-state index in [0.29, 0.717) is 12.1 Å². The van der Waals surface area contributed by atoms with Gasteiger partial charge in [0.15, 0.2) is 0 Å². The average Bonchev–Trinajstić information content (AvgIpc) is 2.92. The van der Waals surface area contributed by atoms with Gasteiger partial charge in [0.05, 0.1) is 0 Å². The molecule has 1 N–H and O–H groups in total. The van der Waals surface area contributed by atoms with Gasteiger partial charge in [-0.3, -0.25) is 4.90 Å². The topological polar surface area (TPSA) is 15.3 Å². The van der Waals surface area contributed by atoms with E-state index in [1.54, 1.807) is 0 Å². The van der Waals surface area contributed by atoms with Crippen LogP contribution in [0.5, 0.6) is 0 Å². The second-order valence-corrected chi connectivity index (χ2v) is 5.83. The van der Waals surface area contributed by atoms with Crippen LogP contribution in [0.15, 0.2) is 30.3 Å². The Kier molecular flexibility index (Phi) is 5.87. The van der Waals surface area contributed by atoms with Crippen LogP contribution in [0, 0.1) is 0 Å². The molecule has 19 heavy (non-hydrogen) atoms. The quantitative estimate of drug-likeness (QED) is 0.810. The summed E-state index contributed by atoms with van der Waals surface area (Å²) in [6.45, 7) is 8.29. The first-order valence-corrected chi connectivity index (χ1v) is 7.81. The molecular formula is C17H28N2. The van der Waals surface area contributed by atoms with Gasteiger partial charge in [0.2, 0.25) is 0 Å². The first-order valence-electron chi connectivity index (χ1n) is 7.81. The summed E-state index contributed by atoms with van der Waals surface area (Å²) in [5, 5.41) is 3.62. The Hall–Kier alpha value is -0.860. The van der Waals surface area contributed by atoms with Crippen molar-refractivity contribution in [3.63, 3.8) is 0 Å². The van der Waals surface area contributed by atoms with Gasteiger partial charge in [-0.05, 0) is 51.3 Å². The zero-order valence-electron chi connectivity index (χ0n) is 12.4. The molecule has 2 nitrogen and oxygen atoms in total. The van der Waals surface area contributed by atoms with Gasteiger partial charge in [-0.1, -0.05) is 37.3 Å². The third-order valence-electron chi connectivity index (χ3n) is 4.13. The second kappa shape index (κ2) is 7.66. The Labute approximate surface area is 118 Å². The second-order valence-electron chi connectivity index (χ2n) is 5.83. The summed E-state index contributed by atoms with van der Waals surface area (Å²) in [6.07, 6.45) is 5.09. The molecule has 1 saturated heterocycles. The van der Waals surface area contributed by atoms with Crippen molar-refractivity contribution in [2.24, 2.45) is 0 Å². The van der Waals surface area contributed by atoms with E-state index in [0.717, 1.165) is 6.42 Å². The van der Waals surface area contributed by atoms with Gasteiger partial charge < -0.3 is 5.32 Å². The fourth-order valence-electron chi connectivity index (χ4n) is 3.06. The van der Waals surface area contributed by atoms with Gasteiger partial charge >= 0.3 is 0 Å². The lowest BCUT2D eigenvalue weighted by Crippen LogP contribution is -2.43. The minimum atomic E-state index is 0.629. The molecule has 2 unspecified atom stereocenters. The van der Waals surface area contributed by atoms with Crippen molar-refractivity contribution in [3.8, 4) is 0 Å². The number of benzene rings is 1. The van der Waals surface area contributed by atoms with Crippen LogP contribution in [0.3, 0.4) is 0 Å².